The van der Waals surface area contributed by atoms with Crippen molar-refractivity contribution in [2.75, 3.05) is 0 Å². The Bertz CT molecular complexity index is 3620. The molecular formula is C58H37N3. The Hall–Kier alpha value is -8.14. The van der Waals surface area contributed by atoms with Gasteiger partial charge in [0.05, 0.1) is 22.4 Å². The van der Waals surface area contributed by atoms with E-state index in [2.05, 4.69) is 223 Å². The highest BCUT2D eigenvalue weighted by molar-refractivity contribution is 6.20. The van der Waals surface area contributed by atoms with E-state index in [0.29, 0.717) is 5.82 Å². The van der Waals surface area contributed by atoms with Gasteiger partial charge in [-0.15, -0.1) is 0 Å². The molecule has 0 saturated carbocycles. The number of para-hydroxylation sites is 3. The highest BCUT2D eigenvalue weighted by atomic mass is 15.0. The van der Waals surface area contributed by atoms with Crippen LogP contribution >= 0.6 is 0 Å². The van der Waals surface area contributed by atoms with Crippen LogP contribution in [0.1, 0.15) is 0 Å². The Morgan fingerprint density at radius 3 is 1.74 bits per heavy atom. The average Bonchev–Trinajstić information content (AvgIpc) is 3.68. The van der Waals surface area contributed by atoms with Gasteiger partial charge < -0.3 is 4.57 Å². The van der Waals surface area contributed by atoms with Crippen LogP contribution in [0.4, 0.5) is 0 Å². The molecule has 0 aliphatic carbocycles. The maximum atomic E-state index is 5.32. The smallest absolute Gasteiger partial charge is 0.160 e. The highest BCUT2D eigenvalue weighted by Gasteiger charge is 2.18. The van der Waals surface area contributed by atoms with E-state index in [1.165, 1.54) is 65.3 Å². The van der Waals surface area contributed by atoms with Crippen molar-refractivity contribution < 1.29 is 0 Å². The van der Waals surface area contributed by atoms with Crippen molar-refractivity contribution in [2.45, 2.75) is 0 Å². The van der Waals surface area contributed by atoms with Crippen LogP contribution in [0.15, 0.2) is 224 Å². The lowest BCUT2D eigenvalue weighted by Gasteiger charge is -2.15. The van der Waals surface area contributed by atoms with Gasteiger partial charge in [0, 0.05) is 38.7 Å². The lowest BCUT2D eigenvalue weighted by atomic mass is 9.89. The second kappa shape index (κ2) is 14.3. The van der Waals surface area contributed by atoms with Crippen LogP contribution in [-0.4, -0.2) is 14.5 Å². The Balaban J connectivity index is 1.00. The first kappa shape index (κ1) is 34.9. The molecule has 2 aromatic heterocycles. The van der Waals surface area contributed by atoms with Crippen LogP contribution in [0, 0.1) is 0 Å². The third-order valence-corrected chi connectivity index (χ3v) is 12.2. The summed E-state index contributed by atoms with van der Waals surface area (Å²) in [6.07, 6.45) is 0. The summed E-state index contributed by atoms with van der Waals surface area (Å²) in [5.41, 5.74) is 13.0. The van der Waals surface area contributed by atoms with Crippen molar-refractivity contribution in [1.29, 1.82) is 0 Å². The topological polar surface area (TPSA) is 30.7 Å². The molecule has 2 heterocycles. The van der Waals surface area contributed by atoms with E-state index >= 15 is 0 Å². The van der Waals surface area contributed by atoms with Crippen LogP contribution in [0.3, 0.4) is 0 Å². The molecule has 0 unspecified atom stereocenters. The van der Waals surface area contributed by atoms with Gasteiger partial charge in [-0.3, -0.25) is 0 Å². The van der Waals surface area contributed by atoms with Gasteiger partial charge in [0.25, 0.3) is 0 Å². The molecule has 0 saturated heterocycles. The zero-order valence-electron chi connectivity index (χ0n) is 33.2. The molecule has 0 radical (unpaired) electrons. The fourth-order valence-electron chi connectivity index (χ4n) is 9.34. The summed E-state index contributed by atoms with van der Waals surface area (Å²) in [5, 5.41) is 9.95. The maximum absolute atomic E-state index is 5.32. The summed E-state index contributed by atoms with van der Waals surface area (Å²) in [4.78, 5) is 10.5. The SMILES string of the molecule is c1ccc(-c2cc(-c3cccc(-c4cccc5c6ccccc6n(-c6ccccc6)c45)c3)nc(-c3ccc(-c4c5ccccc5cc5c4ccc4ccccc45)cc3)n2)cc1. The van der Waals surface area contributed by atoms with E-state index in [1.54, 1.807) is 0 Å². The van der Waals surface area contributed by atoms with Crippen molar-refractivity contribution in [2.24, 2.45) is 0 Å². The van der Waals surface area contributed by atoms with Crippen molar-refractivity contribution in [3.63, 3.8) is 0 Å². The van der Waals surface area contributed by atoms with E-state index in [4.69, 9.17) is 9.97 Å². The summed E-state index contributed by atoms with van der Waals surface area (Å²) in [6.45, 7) is 0. The van der Waals surface area contributed by atoms with Crippen LogP contribution in [0.25, 0.3) is 116 Å². The van der Waals surface area contributed by atoms with E-state index in [9.17, 15) is 0 Å². The van der Waals surface area contributed by atoms with Gasteiger partial charge in [0.15, 0.2) is 5.82 Å². The molecule has 0 aliphatic rings. The first-order chi connectivity index (χ1) is 30.2. The lowest BCUT2D eigenvalue weighted by molar-refractivity contribution is 1.18. The minimum absolute atomic E-state index is 0.688. The molecule has 0 atom stereocenters. The number of rotatable bonds is 6. The molecule has 0 spiro atoms. The molecule has 0 aliphatic heterocycles. The fraction of sp³-hybridized carbons (Fsp3) is 0. The van der Waals surface area contributed by atoms with Gasteiger partial charge in [-0.25, -0.2) is 9.97 Å². The second-order valence-electron chi connectivity index (χ2n) is 15.7. The van der Waals surface area contributed by atoms with Crippen molar-refractivity contribution >= 4 is 54.1 Å². The summed E-state index contributed by atoms with van der Waals surface area (Å²) >= 11 is 0. The number of benzene rings is 10. The Morgan fingerprint density at radius 2 is 0.918 bits per heavy atom. The molecule has 12 rings (SSSR count). The van der Waals surface area contributed by atoms with Crippen LogP contribution in [0.5, 0.6) is 0 Å². The maximum Gasteiger partial charge on any atom is 0.160 e. The van der Waals surface area contributed by atoms with Gasteiger partial charge in [-0.1, -0.05) is 188 Å². The monoisotopic (exact) mass is 775 g/mol. The normalized spacial score (nSPS) is 11.6. The molecule has 0 N–H and O–H groups in total. The molecule has 10 aromatic carbocycles. The first-order valence-electron chi connectivity index (χ1n) is 20.8. The van der Waals surface area contributed by atoms with Gasteiger partial charge >= 0.3 is 0 Å². The summed E-state index contributed by atoms with van der Waals surface area (Å²) in [6, 6.07) is 80.4. The van der Waals surface area contributed by atoms with Gasteiger partial charge in [0.2, 0.25) is 0 Å². The predicted molar refractivity (Wildman–Crippen MR) is 256 cm³/mol. The first-order valence-corrected chi connectivity index (χ1v) is 20.8. The van der Waals surface area contributed by atoms with E-state index in [-0.39, 0.29) is 0 Å². The second-order valence-corrected chi connectivity index (χ2v) is 15.7. The Morgan fingerprint density at radius 1 is 0.311 bits per heavy atom. The summed E-state index contributed by atoms with van der Waals surface area (Å²) in [5.74, 6) is 0.688. The minimum atomic E-state index is 0.688. The number of aromatic nitrogens is 3. The lowest BCUT2D eigenvalue weighted by Crippen LogP contribution is -1.97. The Kier molecular flexibility index (Phi) is 8.17. The van der Waals surface area contributed by atoms with Crippen LogP contribution in [-0.2, 0) is 0 Å². The molecule has 0 amide bonds. The van der Waals surface area contributed by atoms with Crippen molar-refractivity contribution in [1.82, 2.24) is 14.5 Å². The van der Waals surface area contributed by atoms with E-state index < -0.39 is 0 Å². The fourth-order valence-corrected chi connectivity index (χ4v) is 9.34. The average molecular weight is 776 g/mol. The molecule has 0 fully saturated rings. The van der Waals surface area contributed by atoms with Crippen LogP contribution in [0.2, 0.25) is 0 Å². The number of hydrogen-bond acceptors (Lipinski definition) is 2. The molecule has 0 bridgehead atoms. The molecule has 12 aromatic rings. The number of fused-ring (bicyclic) bond motifs is 7. The molecule has 3 nitrogen and oxygen atoms in total. The zero-order chi connectivity index (χ0) is 40.3. The zero-order valence-corrected chi connectivity index (χ0v) is 33.2. The molecule has 3 heteroatoms. The Labute approximate surface area is 353 Å². The third kappa shape index (κ3) is 5.90. The molecule has 61 heavy (non-hydrogen) atoms. The van der Waals surface area contributed by atoms with Crippen molar-refractivity contribution in [3.05, 3.63) is 224 Å². The third-order valence-electron chi connectivity index (χ3n) is 12.2. The molecular weight excluding hydrogens is 739 g/mol. The van der Waals surface area contributed by atoms with Gasteiger partial charge in [-0.2, -0.15) is 0 Å². The van der Waals surface area contributed by atoms with Gasteiger partial charge in [0.1, 0.15) is 0 Å². The van der Waals surface area contributed by atoms with Crippen molar-refractivity contribution in [3.8, 4) is 61.8 Å². The minimum Gasteiger partial charge on any atom is -0.309 e. The highest BCUT2D eigenvalue weighted by Crippen LogP contribution is 2.41. The largest absolute Gasteiger partial charge is 0.309 e. The summed E-state index contributed by atoms with van der Waals surface area (Å²) in [7, 11) is 0. The van der Waals surface area contributed by atoms with Gasteiger partial charge in [-0.05, 0) is 85.4 Å². The number of hydrogen-bond donors (Lipinski definition) is 0. The standard InChI is InChI=1S/C58H37N3/c1-3-16-39(17-4-1)53-37-54(44-20-13-19-42(35-44)48-26-14-27-51-49-25-11-12-28-55(49)61(57(48)51)45-21-5-2-6-22-45)60-58(59-53)41-31-29-40(30-32-41)56-47-24-10-8-18-43(47)36-52-46-23-9-7-15-38(46)33-34-50(52)56/h1-37H. The quantitative estimate of drug-likeness (QED) is 0.124. The van der Waals surface area contributed by atoms with E-state index in [0.717, 1.165) is 44.9 Å². The predicted octanol–water partition coefficient (Wildman–Crippen LogP) is 15.4. The number of nitrogens with zero attached hydrogens (tertiary/aromatic N) is 3. The molecule has 284 valence electrons. The van der Waals surface area contributed by atoms with E-state index in [1.807, 2.05) is 6.07 Å². The summed E-state index contributed by atoms with van der Waals surface area (Å²) < 4.78 is 2.40. The van der Waals surface area contributed by atoms with Crippen LogP contribution < -0.4 is 0 Å².